The molecule has 0 aliphatic carbocycles. The number of hydrogen-bond acceptors (Lipinski definition) is 5. The third-order valence-corrected chi connectivity index (χ3v) is 2.86. The molecular weight excluding hydrogens is 279 g/mol. The van der Waals surface area contributed by atoms with Gasteiger partial charge in [-0.15, -0.1) is 0 Å². The van der Waals surface area contributed by atoms with Gasteiger partial charge in [0, 0.05) is 0 Å². The number of aliphatic hydroxyl groups is 4. The first-order valence-corrected chi connectivity index (χ1v) is 4.77. The fourth-order valence-corrected chi connectivity index (χ4v) is 1.86. The Morgan fingerprint density at radius 1 is 1.08 bits per heavy atom. The van der Waals surface area contributed by atoms with Crippen molar-refractivity contribution in [2.24, 2.45) is 0 Å². The SMILES string of the molecule is OCC1O[C@@H](I)[C@@H](O)C(O)[C@H]1O. The molecule has 0 amide bonds. The van der Waals surface area contributed by atoms with Crippen LogP contribution >= 0.6 is 22.6 Å². The van der Waals surface area contributed by atoms with Gasteiger partial charge in [0.2, 0.25) is 0 Å². The maximum Gasteiger partial charge on any atom is 0.137 e. The van der Waals surface area contributed by atoms with E-state index in [2.05, 4.69) is 0 Å². The molecule has 0 aromatic rings. The van der Waals surface area contributed by atoms with Gasteiger partial charge in [-0.1, -0.05) is 0 Å². The molecular formula is C6H11IO5. The molecule has 0 saturated carbocycles. The number of alkyl halides is 1. The van der Waals surface area contributed by atoms with Gasteiger partial charge < -0.3 is 25.2 Å². The second kappa shape index (κ2) is 4.16. The van der Waals surface area contributed by atoms with Crippen molar-refractivity contribution in [1.29, 1.82) is 0 Å². The summed E-state index contributed by atoms with van der Waals surface area (Å²) >= 11 is 1.79. The van der Waals surface area contributed by atoms with E-state index in [0.717, 1.165) is 0 Å². The quantitative estimate of drug-likeness (QED) is 0.339. The maximum atomic E-state index is 9.23. The average molecular weight is 290 g/mol. The Kier molecular flexibility index (Phi) is 3.68. The third-order valence-electron chi connectivity index (χ3n) is 1.83. The highest BCUT2D eigenvalue weighted by Gasteiger charge is 2.42. The Bertz CT molecular complexity index is 150. The Morgan fingerprint density at radius 2 is 1.67 bits per heavy atom. The van der Waals surface area contributed by atoms with Crippen LogP contribution in [0.2, 0.25) is 0 Å². The normalized spacial score (nSPS) is 49.2. The molecule has 1 aliphatic rings. The van der Waals surface area contributed by atoms with Gasteiger partial charge in [-0.25, -0.2) is 0 Å². The fraction of sp³-hybridized carbons (Fsp3) is 1.00. The van der Waals surface area contributed by atoms with E-state index in [1.54, 1.807) is 22.6 Å². The molecule has 5 nitrogen and oxygen atoms in total. The van der Waals surface area contributed by atoms with Gasteiger partial charge in [0.1, 0.15) is 28.5 Å². The lowest BCUT2D eigenvalue weighted by Gasteiger charge is -2.37. The second-order valence-corrected chi connectivity index (χ2v) is 3.91. The third kappa shape index (κ3) is 1.88. The monoisotopic (exact) mass is 290 g/mol. The van der Waals surface area contributed by atoms with Crippen molar-refractivity contribution in [2.45, 2.75) is 28.5 Å². The van der Waals surface area contributed by atoms with E-state index in [-0.39, 0.29) is 6.61 Å². The Hall–Kier alpha value is 0.530. The summed E-state index contributed by atoms with van der Waals surface area (Å²) in [6.45, 7) is -0.371. The van der Waals surface area contributed by atoms with Crippen LogP contribution in [0, 0.1) is 0 Å². The predicted molar refractivity (Wildman–Crippen MR) is 47.8 cm³/mol. The molecule has 0 spiro atoms. The van der Waals surface area contributed by atoms with Crippen LogP contribution in [0.1, 0.15) is 0 Å². The molecule has 1 saturated heterocycles. The minimum absolute atomic E-state index is 0.371. The van der Waals surface area contributed by atoms with Crippen molar-refractivity contribution < 1.29 is 25.2 Å². The summed E-state index contributed by atoms with van der Waals surface area (Å²) in [7, 11) is 0. The zero-order chi connectivity index (χ0) is 9.30. The van der Waals surface area contributed by atoms with Crippen molar-refractivity contribution in [1.82, 2.24) is 0 Å². The van der Waals surface area contributed by atoms with Crippen LogP contribution in [0.3, 0.4) is 0 Å². The highest BCUT2D eigenvalue weighted by atomic mass is 127. The van der Waals surface area contributed by atoms with E-state index < -0.39 is 28.5 Å². The topological polar surface area (TPSA) is 90.2 Å². The van der Waals surface area contributed by atoms with Crippen LogP contribution < -0.4 is 0 Å². The smallest absolute Gasteiger partial charge is 0.137 e. The summed E-state index contributed by atoms with van der Waals surface area (Å²) in [5.41, 5.74) is 0. The van der Waals surface area contributed by atoms with Crippen molar-refractivity contribution in [3.63, 3.8) is 0 Å². The average Bonchev–Trinajstić information content (AvgIpc) is 2.08. The number of rotatable bonds is 1. The van der Waals surface area contributed by atoms with Gasteiger partial charge in [0.25, 0.3) is 0 Å². The van der Waals surface area contributed by atoms with Gasteiger partial charge in [0.05, 0.1) is 6.61 Å². The lowest BCUT2D eigenvalue weighted by atomic mass is 10.0. The number of ether oxygens (including phenoxy) is 1. The predicted octanol–water partition coefficient (Wildman–Crippen LogP) is -1.78. The molecule has 5 atom stereocenters. The molecule has 0 aromatic heterocycles. The van der Waals surface area contributed by atoms with Crippen molar-refractivity contribution in [2.75, 3.05) is 6.61 Å². The van der Waals surface area contributed by atoms with E-state index in [1.807, 2.05) is 0 Å². The molecule has 0 aromatic carbocycles. The first kappa shape index (κ1) is 10.6. The Balaban J connectivity index is 2.63. The van der Waals surface area contributed by atoms with E-state index >= 15 is 0 Å². The van der Waals surface area contributed by atoms with Gasteiger partial charge in [-0.3, -0.25) is 0 Å². The van der Waals surface area contributed by atoms with Crippen molar-refractivity contribution in [3.8, 4) is 0 Å². The van der Waals surface area contributed by atoms with Crippen LogP contribution in [0.5, 0.6) is 0 Å². The summed E-state index contributed by atoms with van der Waals surface area (Å²) in [6.07, 6.45) is -4.40. The zero-order valence-corrected chi connectivity index (χ0v) is 8.33. The van der Waals surface area contributed by atoms with Gasteiger partial charge in [-0.05, 0) is 22.6 Å². The van der Waals surface area contributed by atoms with Gasteiger partial charge in [-0.2, -0.15) is 0 Å². The maximum absolute atomic E-state index is 9.23. The second-order valence-electron chi connectivity index (χ2n) is 2.68. The lowest BCUT2D eigenvalue weighted by molar-refractivity contribution is -0.201. The summed E-state index contributed by atoms with van der Waals surface area (Å²) in [4.78, 5) is 0. The number of hydrogen-bond donors (Lipinski definition) is 4. The highest BCUT2D eigenvalue weighted by molar-refractivity contribution is 14.1. The molecule has 6 heteroatoms. The molecule has 0 bridgehead atoms. The highest BCUT2D eigenvalue weighted by Crippen LogP contribution is 2.24. The zero-order valence-electron chi connectivity index (χ0n) is 6.17. The molecule has 4 N–H and O–H groups in total. The van der Waals surface area contributed by atoms with Gasteiger partial charge >= 0.3 is 0 Å². The molecule has 2 unspecified atom stereocenters. The number of halogens is 1. The lowest BCUT2D eigenvalue weighted by Crippen LogP contribution is -2.56. The standard InChI is InChI=1S/C6H11IO5/c7-6-5(11)4(10)3(9)2(1-8)12-6/h2-6,8-11H,1H2/t2?,3-,4?,5-,6+/m0/s1. The van der Waals surface area contributed by atoms with Crippen molar-refractivity contribution >= 4 is 22.6 Å². The van der Waals surface area contributed by atoms with E-state index in [4.69, 9.17) is 9.84 Å². The largest absolute Gasteiger partial charge is 0.394 e. The molecule has 72 valence electrons. The first-order valence-electron chi connectivity index (χ1n) is 3.52. The van der Waals surface area contributed by atoms with Crippen LogP contribution in [-0.2, 0) is 4.74 Å². The summed E-state index contributed by atoms with van der Waals surface area (Å²) < 4.78 is 4.41. The van der Waals surface area contributed by atoms with Crippen LogP contribution in [0.4, 0.5) is 0 Å². The summed E-state index contributed by atoms with van der Waals surface area (Å²) in [5.74, 6) is 0. The van der Waals surface area contributed by atoms with Gasteiger partial charge in [0.15, 0.2) is 0 Å². The molecule has 1 fully saturated rings. The van der Waals surface area contributed by atoms with E-state index in [1.165, 1.54) is 0 Å². The Morgan fingerprint density at radius 3 is 2.17 bits per heavy atom. The first-order chi connectivity index (χ1) is 5.57. The summed E-state index contributed by atoms with van der Waals surface area (Å²) in [5, 5.41) is 36.4. The molecule has 12 heavy (non-hydrogen) atoms. The van der Waals surface area contributed by atoms with E-state index in [0.29, 0.717) is 0 Å². The van der Waals surface area contributed by atoms with Crippen molar-refractivity contribution in [3.05, 3.63) is 0 Å². The molecule has 1 aliphatic heterocycles. The summed E-state index contributed by atoms with van der Waals surface area (Å²) in [6, 6.07) is 0. The van der Waals surface area contributed by atoms with Crippen LogP contribution in [-0.4, -0.2) is 55.6 Å². The molecule has 1 rings (SSSR count). The number of aliphatic hydroxyl groups excluding tert-OH is 4. The fourth-order valence-electron chi connectivity index (χ4n) is 1.06. The van der Waals surface area contributed by atoms with Crippen LogP contribution in [0.25, 0.3) is 0 Å². The Labute approximate surface area is 83.1 Å². The van der Waals surface area contributed by atoms with Crippen LogP contribution in [0.15, 0.2) is 0 Å². The van der Waals surface area contributed by atoms with E-state index in [9.17, 15) is 15.3 Å². The minimum Gasteiger partial charge on any atom is -0.394 e. The molecule has 1 heterocycles. The molecule has 0 radical (unpaired) electrons. The minimum atomic E-state index is -1.25.